The van der Waals surface area contributed by atoms with Crippen molar-refractivity contribution in [2.75, 3.05) is 35.7 Å². The molecular weight excluding hydrogens is 521 g/mol. The highest BCUT2D eigenvalue weighted by Gasteiger charge is 2.49. The van der Waals surface area contributed by atoms with Crippen LogP contribution in [0.15, 0.2) is 41.4 Å². The molecule has 0 bridgehead atoms. The zero-order valence-corrected chi connectivity index (χ0v) is 21.5. The highest BCUT2D eigenvalue weighted by Crippen LogP contribution is 2.33. The lowest BCUT2D eigenvalue weighted by atomic mass is 9.93. The molecular formula is C25H27F3N6O3S. The lowest BCUT2D eigenvalue weighted by Gasteiger charge is -2.35. The number of carbonyl (C=O) groups excluding carboxylic acids is 3. The summed E-state index contributed by atoms with van der Waals surface area (Å²) in [5.74, 6) is -0.735. The third-order valence-corrected chi connectivity index (χ3v) is 8.01. The third-order valence-electron chi connectivity index (χ3n) is 7.28. The predicted octanol–water partition coefficient (Wildman–Crippen LogP) is 3.55. The van der Waals surface area contributed by atoms with Crippen molar-refractivity contribution in [2.45, 2.75) is 48.8 Å². The molecule has 3 fully saturated rings. The molecule has 2 atom stereocenters. The van der Waals surface area contributed by atoms with Crippen LogP contribution < -0.4 is 15.1 Å². The molecule has 9 nitrogen and oxygen atoms in total. The molecule has 0 unspecified atom stereocenters. The van der Waals surface area contributed by atoms with Gasteiger partial charge in [0.15, 0.2) is 0 Å². The van der Waals surface area contributed by atoms with Crippen LogP contribution in [-0.2, 0) is 15.8 Å². The Hall–Kier alpha value is -3.35. The second-order valence-electron chi connectivity index (χ2n) is 9.60. The van der Waals surface area contributed by atoms with E-state index in [2.05, 4.69) is 15.3 Å². The van der Waals surface area contributed by atoms with E-state index in [0.717, 1.165) is 17.2 Å². The number of alkyl halides is 3. The summed E-state index contributed by atoms with van der Waals surface area (Å²) in [5.41, 5.74) is -0.456. The zero-order chi connectivity index (χ0) is 27.0. The molecule has 3 aliphatic rings. The van der Waals surface area contributed by atoms with Crippen molar-refractivity contribution in [3.05, 3.63) is 42.2 Å². The first-order valence-corrected chi connectivity index (χ1v) is 13.6. The minimum absolute atomic E-state index is 0.00286. The van der Waals surface area contributed by atoms with Gasteiger partial charge in [-0.2, -0.15) is 13.2 Å². The minimum atomic E-state index is -4.55. The Balaban J connectivity index is 1.17. The first-order chi connectivity index (χ1) is 18.2. The summed E-state index contributed by atoms with van der Waals surface area (Å²) < 4.78 is 38.9. The molecule has 38 heavy (non-hydrogen) atoms. The molecule has 4 amide bonds. The van der Waals surface area contributed by atoms with Crippen LogP contribution in [0.25, 0.3) is 0 Å². The fraction of sp³-hybridized carbons (Fsp3) is 0.480. The smallest absolute Gasteiger partial charge is 0.353 e. The zero-order valence-electron chi connectivity index (χ0n) is 20.6. The van der Waals surface area contributed by atoms with Gasteiger partial charge in [0.2, 0.25) is 11.9 Å². The number of benzene rings is 1. The first kappa shape index (κ1) is 26.3. The van der Waals surface area contributed by atoms with Crippen LogP contribution in [0.3, 0.4) is 0 Å². The standard InChI is InChI=1S/C25H27F3N6O3S/c1-38-18-4-2-3-17(14-18)34-22(36)19-13-16(8-12-33(19)24(34)37)30-21(35)15-6-10-32(11-7-15)23-29-9-5-20(31-23)25(26,27)28/h2-5,9,14-16,19H,6-8,10-13H2,1H3,(H,30,35)/t16-,19-/m0/s1. The Morgan fingerprint density at radius 1 is 1.11 bits per heavy atom. The molecule has 0 aliphatic carbocycles. The topological polar surface area (TPSA) is 98.7 Å². The summed E-state index contributed by atoms with van der Waals surface area (Å²) in [6, 6.07) is 6.90. The molecule has 1 aromatic carbocycles. The molecule has 0 spiro atoms. The minimum Gasteiger partial charge on any atom is -0.353 e. The van der Waals surface area contributed by atoms with E-state index in [9.17, 15) is 27.6 Å². The molecule has 202 valence electrons. The van der Waals surface area contributed by atoms with Crippen molar-refractivity contribution < 1.29 is 27.6 Å². The van der Waals surface area contributed by atoms with Gasteiger partial charge in [-0.1, -0.05) is 6.07 Å². The fourth-order valence-corrected chi connectivity index (χ4v) is 5.69. The highest BCUT2D eigenvalue weighted by molar-refractivity contribution is 7.98. The second-order valence-corrected chi connectivity index (χ2v) is 10.5. The first-order valence-electron chi connectivity index (χ1n) is 12.4. The number of rotatable bonds is 5. The Labute approximate surface area is 221 Å². The maximum atomic E-state index is 13.2. The van der Waals surface area contributed by atoms with E-state index in [0.29, 0.717) is 51.0 Å². The number of amides is 4. The van der Waals surface area contributed by atoms with Gasteiger partial charge in [-0.3, -0.25) is 9.59 Å². The van der Waals surface area contributed by atoms with Crippen LogP contribution in [0, 0.1) is 5.92 Å². The van der Waals surface area contributed by atoms with E-state index >= 15 is 0 Å². The molecule has 1 N–H and O–H groups in total. The van der Waals surface area contributed by atoms with E-state index in [1.807, 2.05) is 24.5 Å². The van der Waals surface area contributed by atoms with Crippen molar-refractivity contribution in [2.24, 2.45) is 5.92 Å². The summed E-state index contributed by atoms with van der Waals surface area (Å²) in [6.07, 6.45) is 0.239. The number of hydrogen-bond donors (Lipinski definition) is 1. The van der Waals surface area contributed by atoms with Crippen LogP contribution in [0.2, 0.25) is 0 Å². The number of urea groups is 1. The highest BCUT2D eigenvalue weighted by atomic mass is 32.2. The third kappa shape index (κ3) is 5.16. The number of halogens is 3. The lowest BCUT2D eigenvalue weighted by Crippen LogP contribution is -2.51. The number of fused-ring (bicyclic) bond motifs is 1. The van der Waals surface area contributed by atoms with Crippen LogP contribution in [0.4, 0.5) is 29.6 Å². The average Bonchev–Trinajstić information content (AvgIpc) is 3.17. The van der Waals surface area contributed by atoms with Gasteiger partial charge < -0.3 is 15.1 Å². The van der Waals surface area contributed by atoms with E-state index in [1.165, 1.54) is 16.7 Å². The van der Waals surface area contributed by atoms with Gasteiger partial charge in [0.05, 0.1) is 5.69 Å². The van der Waals surface area contributed by atoms with E-state index in [1.54, 1.807) is 15.9 Å². The summed E-state index contributed by atoms with van der Waals surface area (Å²) in [5, 5.41) is 3.04. The van der Waals surface area contributed by atoms with Gasteiger partial charge >= 0.3 is 12.2 Å². The number of carbonyl (C=O) groups is 3. The molecule has 13 heteroatoms. The Kier molecular flexibility index (Phi) is 7.21. The van der Waals surface area contributed by atoms with Crippen LogP contribution in [0.1, 0.15) is 31.4 Å². The Morgan fingerprint density at radius 3 is 2.58 bits per heavy atom. The maximum Gasteiger partial charge on any atom is 0.433 e. The van der Waals surface area contributed by atoms with Gasteiger partial charge in [0.1, 0.15) is 11.7 Å². The molecule has 3 saturated heterocycles. The normalized spacial score (nSPS) is 22.6. The molecule has 5 rings (SSSR count). The van der Waals surface area contributed by atoms with Crippen molar-refractivity contribution in [3.8, 4) is 0 Å². The van der Waals surface area contributed by atoms with E-state index < -0.39 is 17.9 Å². The Morgan fingerprint density at radius 2 is 1.87 bits per heavy atom. The molecule has 2 aromatic rings. The predicted molar refractivity (Wildman–Crippen MR) is 135 cm³/mol. The summed E-state index contributed by atoms with van der Waals surface area (Å²) >= 11 is 1.53. The molecule has 0 saturated carbocycles. The summed E-state index contributed by atoms with van der Waals surface area (Å²) in [4.78, 5) is 52.2. The van der Waals surface area contributed by atoms with E-state index in [-0.39, 0.29) is 35.8 Å². The summed E-state index contributed by atoms with van der Waals surface area (Å²) in [7, 11) is 0. The molecule has 1 aromatic heterocycles. The van der Waals surface area contributed by atoms with Crippen molar-refractivity contribution >= 4 is 41.2 Å². The van der Waals surface area contributed by atoms with Crippen LogP contribution in [-0.4, -0.2) is 70.7 Å². The fourth-order valence-electron chi connectivity index (χ4n) is 5.24. The van der Waals surface area contributed by atoms with Gasteiger partial charge in [0, 0.05) is 42.7 Å². The second kappa shape index (κ2) is 10.4. The van der Waals surface area contributed by atoms with Crippen LogP contribution >= 0.6 is 11.8 Å². The molecule has 4 heterocycles. The number of anilines is 2. The van der Waals surface area contributed by atoms with Gasteiger partial charge in [-0.25, -0.2) is 19.7 Å². The van der Waals surface area contributed by atoms with E-state index in [4.69, 9.17) is 0 Å². The quantitative estimate of drug-likeness (QED) is 0.451. The van der Waals surface area contributed by atoms with Crippen molar-refractivity contribution in [1.82, 2.24) is 20.2 Å². The van der Waals surface area contributed by atoms with Gasteiger partial charge in [0.25, 0.3) is 5.91 Å². The number of imide groups is 1. The average molecular weight is 549 g/mol. The van der Waals surface area contributed by atoms with Gasteiger partial charge in [-0.05, 0) is 56.2 Å². The maximum absolute atomic E-state index is 13.2. The number of thioether (sulfide) groups is 1. The monoisotopic (exact) mass is 548 g/mol. The number of aromatic nitrogens is 2. The number of nitrogens with zero attached hydrogens (tertiary/aromatic N) is 5. The lowest BCUT2D eigenvalue weighted by molar-refractivity contribution is -0.141. The van der Waals surface area contributed by atoms with Crippen molar-refractivity contribution in [1.29, 1.82) is 0 Å². The van der Waals surface area contributed by atoms with Crippen LogP contribution in [0.5, 0.6) is 0 Å². The molecule has 3 aliphatic heterocycles. The van der Waals surface area contributed by atoms with Gasteiger partial charge in [-0.15, -0.1) is 11.8 Å². The number of hydrogen-bond acceptors (Lipinski definition) is 7. The number of nitrogens with one attached hydrogen (secondary N) is 1. The van der Waals surface area contributed by atoms with Crippen molar-refractivity contribution in [3.63, 3.8) is 0 Å². The SMILES string of the molecule is CSc1cccc(N2C(=O)[C@@H]3C[C@@H](NC(=O)C4CCN(c5nccc(C(F)(F)F)n5)CC4)CCN3C2=O)c1. The molecule has 0 radical (unpaired) electrons. The Bertz CT molecular complexity index is 1240. The number of piperidine rings is 2. The largest absolute Gasteiger partial charge is 0.433 e. The summed E-state index contributed by atoms with van der Waals surface area (Å²) in [6.45, 7) is 1.08.